The molecular weight excluding hydrogens is 258 g/mol. The third-order valence-electron chi connectivity index (χ3n) is 2.84. The standard InChI is InChI=1S/C14H17N3OS/c1-9(8-10-4-3-7-19-10)17-13-11(14(16)18)5-2-6-12(13)15/h2-7,9,17H,8,15H2,1H3,(H2,16,18). The van der Waals surface area contributed by atoms with Crippen molar-refractivity contribution in [2.75, 3.05) is 11.1 Å². The number of nitrogen functional groups attached to an aromatic ring is 1. The second-order valence-corrected chi connectivity index (χ2v) is 5.50. The Hall–Kier alpha value is -2.01. The molecule has 4 nitrogen and oxygen atoms in total. The van der Waals surface area contributed by atoms with Gasteiger partial charge in [0, 0.05) is 17.3 Å². The molecule has 1 heterocycles. The zero-order chi connectivity index (χ0) is 13.8. The van der Waals surface area contributed by atoms with Crippen LogP contribution in [0.5, 0.6) is 0 Å². The van der Waals surface area contributed by atoms with Gasteiger partial charge in [-0.2, -0.15) is 0 Å². The number of carbonyl (C=O) groups is 1. The van der Waals surface area contributed by atoms with Gasteiger partial charge in [0.05, 0.1) is 16.9 Å². The summed E-state index contributed by atoms with van der Waals surface area (Å²) in [5, 5.41) is 5.33. The van der Waals surface area contributed by atoms with Gasteiger partial charge >= 0.3 is 0 Å². The van der Waals surface area contributed by atoms with Crippen molar-refractivity contribution in [2.24, 2.45) is 5.73 Å². The Kier molecular flexibility index (Phi) is 4.06. The number of thiophene rings is 1. The molecule has 0 saturated heterocycles. The maximum atomic E-state index is 11.4. The molecule has 19 heavy (non-hydrogen) atoms. The van der Waals surface area contributed by atoms with E-state index < -0.39 is 5.91 Å². The highest BCUT2D eigenvalue weighted by atomic mass is 32.1. The molecule has 0 saturated carbocycles. The molecule has 0 spiro atoms. The van der Waals surface area contributed by atoms with Crippen LogP contribution in [-0.2, 0) is 6.42 Å². The molecule has 1 amide bonds. The minimum Gasteiger partial charge on any atom is -0.397 e. The lowest BCUT2D eigenvalue weighted by atomic mass is 10.1. The fourth-order valence-corrected chi connectivity index (χ4v) is 2.80. The van der Waals surface area contributed by atoms with Gasteiger partial charge in [-0.3, -0.25) is 4.79 Å². The van der Waals surface area contributed by atoms with E-state index in [0.717, 1.165) is 6.42 Å². The van der Waals surface area contributed by atoms with Gasteiger partial charge in [0.2, 0.25) is 0 Å². The monoisotopic (exact) mass is 275 g/mol. The predicted molar refractivity (Wildman–Crippen MR) is 80.5 cm³/mol. The molecule has 0 aliphatic heterocycles. The van der Waals surface area contributed by atoms with Crippen molar-refractivity contribution in [1.82, 2.24) is 0 Å². The number of primary amides is 1. The first-order chi connectivity index (χ1) is 9.08. The van der Waals surface area contributed by atoms with Gasteiger partial charge in [-0.25, -0.2) is 0 Å². The van der Waals surface area contributed by atoms with E-state index in [2.05, 4.69) is 18.3 Å². The Bertz CT molecular complexity index is 566. The maximum absolute atomic E-state index is 11.4. The normalized spacial score (nSPS) is 12.1. The van der Waals surface area contributed by atoms with Gasteiger partial charge in [0.15, 0.2) is 0 Å². The average molecular weight is 275 g/mol. The zero-order valence-corrected chi connectivity index (χ0v) is 11.5. The molecule has 0 bridgehead atoms. The van der Waals surface area contributed by atoms with Gasteiger partial charge in [0.25, 0.3) is 5.91 Å². The Morgan fingerprint density at radius 2 is 2.16 bits per heavy atom. The Labute approximate surface area is 116 Å². The van der Waals surface area contributed by atoms with Gasteiger partial charge in [-0.05, 0) is 30.5 Å². The summed E-state index contributed by atoms with van der Waals surface area (Å²) < 4.78 is 0. The molecule has 0 radical (unpaired) electrons. The smallest absolute Gasteiger partial charge is 0.250 e. The van der Waals surface area contributed by atoms with E-state index in [0.29, 0.717) is 16.9 Å². The van der Waals surface area contributed by atoms with Crippen LogP contribution in [0, 0.1) is 0 Å². The number of rotatable bonds is 5. The summed E-state index contributed by atoms with van der Waals surface area (Å²) in [6.45, 7) is 2.05. The van der Waals surface area contributed by atoms with Crippen LogP contribution in [0.15, 0.2) is 35.7 Å². The van der Waals surface area contributed by atoms with Crippen LogP contribution < -0.4 is 16.8 Å². The molecule has 1 aromatic heterocycles. The van der Waals surface area contributed by atoms with Gasteiger partial charge in [-0.15, -0.1) is 11.3 Å². The van der Waals surface area contributed by atoms with E-state index in [9.17, 15) is 4.79 Å². The summed E-state index contributed by atoms with van der Waals surface area (Å²) in [6.07, 6.45) is 0.879. The second kappa shape index (κ2) is 5.75. The van der Waals surface area contributed by atoms with Crippen molar-refractivity contribution >= 4 is 28.6 Å². The predicted octanol–water partition coefficient (Wildman–Crippen LogP) is 2.47. The maximum Gasteiger partial charge on any atom is 0.250 e. The van der Waals surface area contributed by atoms with Crippen LogP contribution in [0.4, 0.5) is 11.4 Å². The molecule has 1 unspecified atom stereocenters. The number of hydrogen-bond donors (Lipinski definition) is 3. The SMILES string of the molecule is CC(Cc1cccs1)Nc1c(N)cccc1C(N)=O. The minimum absolute atomic E-state index is 0.168. The molecule has 1 atom stereocenters. The summed E-state index contributed by atoms with van der Waals surface area (Å²) in [5.74, 6) is -0.474. The van der Waals surface area contributed by atoms with E-state index in [1.165, 1.54) is 4.88 Å². The number of benzene rings is 1. The minimum atomic E-state index is -0.474. The highest BCUT2D eigenvalue weighted by Gasteiger charge is 2.13. The highest BCUT2D eigenvalue weighted by molar-refractivity contribution is 7.09. The largest absolute Gasteiger partial charge is 0.397 e. The van der Waals surface area contributed by atoms with E-state index in [1.807, 2.05) is 11.4 Å². The van der Waals surface area contributed by atoms with Crippen LogP contribution in [-0.4, -0.2) is 11.9 Å². The van der Waals surface area contributed by atoms with Crippen molar-refractivity contribution in [3.63, 3.8) is 0 Å². The van der Waals surface area contributed by atoms with Gasteiger partial charge in [-0.1, -0.05) is 12.1 Å². The first-order valence-electron chi connectivity index (χ1n) is 6.05. The fraction of sp³-hybridized carbons (Fsp3) is 0.214. The van der Waals surface area contributed by atoms with Crippen LogP contribution in [0.1, 0.15) is 22.2 Å². The van der Waals surface area contributed by atoms with Crippen LogP contribution in [0.25, 0.3) is 0 Å². The average Bonchev–Trinajstić information content (AvgIpc) is 2.84. The van der Waals surface area contributed by atoms with Crippen molar-refractivity contribution in [3.05, 3.63) is 46.2 Å². The summed E-state index contributed by atoms with van der Waals surface area (Å²) in [7, 11) is 0. The summed E-state index contributed by atoms with van der Waals surface area (Å²) in [5.41, 5.74) is 12.9. The lowest BCUT2D eigenvalue weighted by molar-refractivity contribution is 0.100. The number of amides is 1. The van der Waals surface area contributed by atoms with Crippen LogP contribution in [0.3, 0.4) is 0 Å². The molecular formula is C14H17N3OS. The molecule has 0 aliphatic rings. The van der Waals surface area contributed by atoms with Crippen molar-refractivity contribution in [1.29, 1.82) is 0 Å². The first kappa shape index (κ1) is 13.4. The molecule has 0 aliphatic carbocycles. The number of para-hydroxylation sites is 1. The van der Waals surface area contributed by atoms with Crippen molar-refractivity contribution in [2.45, 2.75) is 19.4 Å². The number of anilines is 2. The molecule has 1 aromatic carbocycles. The van der Waals surface area contributed by atoms with E-state index >= 15 is 0 Å². The summed E-state index contributed by atoms with van der Waals surface area (Å²) >= 11 is 1.71. The van der Waals surface area contributed by atoms with Crippen molar-refractivity contribution in [3.8, 4) is 0 Å². The van der Waals surface area contributed by atoms with Gasteiger partial charge in [0.1, 0.15) is 0 Å². The topological polar surface area (TPSA) is 81.1 Å². The molecule has 2 rings (SSSR count). The van der Waals surface area contributed by atoms with Crippen molar-refractivity contribution < 1.29 is 4.79 Å². The van der Waals surface area contributed by atoms with E-state index in [-0.39, 0.29) is 6.04 Å². The number of carbonyl (C=O) groups excluding carboxylic acids is 1. The summed E-state index contributed by atoms with van der Waals surface area (Å²) in [6, 6.07) is 9.45. The zero-order valence-electron chi connectivity index (χ0n) is 10.7. The number of nitrogens with two attached hydrogens (primary N) is 2. The third-order valence-corrected chi connectivity index (χ3v) is 3.74. The number of nitrogens with one attached hydrogen (secondary N) is 1. The Balaban J connectivity index is 2.16. The van der Waals surface area contributed by atoms with E-state index in [4.69, 9.17) is 11.5 Å². The molecule has 5 heteroatoms. The fourth-order valence-electron chi connectivity index (χ4n) is 1.96. The quantitative estimate of drug-likeness (QED) is 0.733. The highest BCUT2D eigenvalue weighted by Crippen LogP contribution is 2.25. The van der Waals surface area contributed by atoms with Crippen LogP contribution >= 0.6 is 11.3 Å². The Morgan fingerprint density at radius 3 is 2.79 bits per heavy atom. The summed E-state index contributed by atoms with van der Waals surface area (Å²) in [4.78, 5) is 12.7. The van der Waals surface area contributed by atoms with Gasteiger partial charge < -0.3 is 16.8 Å². The lowest BCUT2D eigenvalue weighted by Gasteiger charge is -2.18. The molecule has 2 aromatic rings. The molecule has 100 valence electrons. The van der Waals surface area contributed by atoms with E-state index in [1.54, 1.807) is 29.5 Å². The number of hydrogen-bond acceptors (Lipinski definition) is 4. The Morgan fingerprint density at radius 1 is 1.37 bits per heavy atom. The molecule has 5 N–H and O–H groups in total. The molecule has 0 fully saturated rings. The first-order valence-corrected chi connectivity index (χ1v) is 6.93. The lowest BCUT2D eigenvalue weighted by Crippen LogP contribution is -2.22. The van der Waals surface area contributed by atoms with Crippen LogP contribution in [0.2, 0.25) is 0 Å². The third kappa shape index (κ3) is 3.26. The second-order valence-electron chi connectivity index (χ2n) is 4.46.